The number of hydrogen-bond donors (Lipinski definition) is 2. The molecule has 1 fully saturated rings. The number of aromatic nitrogens is 1. The Kier molecular flexibility index (Phi) is 4.12. The molecule has 0 aliphatic heterocycles. The summed E-state index contributed by atoms with van der Waals surface area (Å²) in [5.74, 6) is 0.667. The zero-order chi connectivity index (χ0) is 12.5. The summed E-state index contributed by atoms with van der Waals surface area (Å²) in [5, 5.41) is 10.5. The molecule has 19 heavy (non-hydrogen) atoms. The zero-order valence-corrected chi connectivity index (χ0v) is 11.3. The third-order valence-electron chi connectivity index (χ3n) is 3.39. The van der Waals surface area contributed by atoms with Crippen LogP contribution in [0, 0.1) is 0 Å². The Morgan fingerprint density at radius 1 is 1.32 bits per heavy atom. The van der Waals surface area contributed by atoms with Crippen molar-refractivity contribution in [3.05, 3.63) is 30.5 Å². The highest BCUT2D eigenvalue weighted by Gasteiger charge is 2.24. The molecule has 1 aliphatic carbocycles. The van der Waals surface area contributed by atoms with Gasteiger partial charge in [-0.15, -0.1) is 12.4 Å². The van der Waals surface area contributed by atoms with Crippen LogP contribution in [0.4, 0.5) is 5.69 Å². The van der Waals surface area contributed by atoms with E-state index < -0.39 is 0 Å². The molecule has 2 atom stereocenters. The summed E-state index contributed by atoms with van der Waals surface area (Å²) in [5.41, 5.74) is 7.48. The molecule has 4 nitrogen and oxygen atoms in total. The topological polar surface area (TPSA) is 68.4 Å². The van der Waals surface area contributed by atoms with E-state index in [2.05, 4.69) is 4.98 Å². The molecule has 1 aromatic heterocycles. The van der Waals surface area contributed by atoms with E-state index in [0.29, 0.717) is 17.9 Å². The number of nitrogen functional groups attached to an aromatic ring is 1. The second-order valence-electron chi connectivity index (χ2n) is 4.79. The van der Waals surface area contributed by atoms with E-state index >= 15 is 0 Å². The van der Waals surface area contributed by atoms with Crippen LogP contribution in [0.2, 0.25) is 0 Å². The molecule has 1 saturated carbocycles. The van der Waals surface area contributed by atoms with Crippen LogP contribution < -0.4 is 10.5 Å². The minimum atomic E-state index is -0.241. The lowest BCUT2D eigenvalue weighted by Crippen LogP contribution is -2.14. The van der Waals surface area contributed by atoms with Crippen molar-refractivity contribution in [2.75, 3.05) is 5.73 Å². The van der Waals surface area contributed by atoms with Crippen molar-refractivity contribution in [3.8, 4) is 5.75 Å². The van der Waals surface area contributed by atoms with E-state index in [9.17, 15) is 5.11 Å². The molecule has 3 rings (SSSR count). The molecule has 3 N–H and O–H groups in total. The third-order valence-corrected chi connectivity index (χ3v) is 3.39. The molecule has 2 aromatic rings. The number of aliphatic hydroxyl groups is 1. The monoisotopic (exact) mass is 280 g/mol. The van der Waals surface area contributed by atoms with Gasteiger partial charge in [-0.05, 0) is 25.0 Å². The van der Waals surface area contributed by atoms with E-state index in [0.717, 1.165) is 23.7 Å². The van der Waals surface area contributed by atoms with Crippen molar-refractivity contribution in [2.24, 2.45) is 0 Å². The van der Waals surface area contributed by atoms with Crippen molar-refractivity contribution >= 4 is 29.0 Å². The first-order chi connectivity index (χ1) is 8.72. The van der Waals surface area contributed by atoms with Gasteiger partial charge in [-0.25, -0.2) is 0 Å². The number of nitrogens with zero attached hydrogens (tertiary/aromatic N) is 1. The fourth-order valence-electron chi connectivity index (χ4n) is 2.42. The number of anilines is 1. The largest absolute Gasteiger partial charge is 0.488 e. The van der Waals surface area contributed by atoms with Crippen molar-refractivity contribution in [2.45, 2.75) is 31.5 Å². The second kappa shape index (κ2) is 5.63. The van der Waals surface area contributed by atoms with E-state index in [1.165, 1.54) is 0 Å². The van der Waals surface area contributed by atoms with Crippen LogP contribution in [0.15, 0.2) is 30.5 Å². The van der Waals surface area contributed by atoms with Gasteiger partial charge in [-0.3, -0.25) is 4.98 Å². The molecule has 1 aliphatic rings. The summed E-state index contributed by atoms with van der Waals surface area (Å²) in [7, 11) is 0. The predicted molar refractivity (Wildman–Crippen MR) is 77.7 cm³/mol. The van der Waals surface area contributed by atoms with Crippen LogP contribution in [-0.4, -0.2) is 22.3 Å². The van der Waals surface area contributed by atoms with Crippen LogP contribution >= 0.6 is 12.4 Å². The lowest BCUT2D eigenvalue weighted by Gasteiger charge is -2.15. The minimum Gasteiger partial charge on any atom is -0.488 e. The average molecular weight is 281 g/mol. The van der Waals surface area contributed by atoms with Gasteiger partial charge in [-0.2, -0.15) is 0 Å². The Bertz CT molecular complexity index is 576. The number of benzene rings is 1. The van der Waals surface area contributed by atoms with Crippen LogP contribution in [-0.2, 0) is 0 Å². The minimum absolute atomic E-state index is 0. The van der Waals surface area contributed by atoms with Gasteiger partial charge in [0.25, 0.3) is 0 Å². The van der Waals surface area contributed by atoms with Gasteiger partial charge in [0.1, 0.15) is 11.9 Å². The number of halogens is 1. The number of rotatable bonds is 2. The zero-order valence-electron chi connectivity index (χ0n) is 10.5. The molecule has 0 bridgehead atoms. The maximum absolute atomic E-state index is 9.50. The molecule has 102 valence electrons. The second-order valence-corrected chi connectivity index (χ2v) is 4.79. The first-order valence-electron chi connectivity index (χ1n) is 6.21. The van der Waals surface area contributed by atoms with Gasteiger partial charge in [-0.1, -0.05) is 6.07 Å². The number of hydrogen-bond acceptors (Lipinski definition) is 4. The summed E-state index contributed by atoms with van der Waals surface area (Å²) in [4.78, 5) is 4.29. The quantitative estimate of drug-likeness (QED) is 0.830. The lowest BCUT2D eigenvalue weighted by molar-refractivity contribution is 0.150. The Balaban J connectivity index is 0.00000133. The SMILES string of the molecule is Cl.Nc1cc2cccnc2cc1OC1CCC(O)C1. The molecule has 5 heteroatoms. The number of nitrogens with two attached hydrogens (primary N) is 1. The van der Waals surface area contributed by atoms with Gasteiger partial charge in [0.15, 0.2) is 0 Å². The first kappa shape index (κ1) is 13.9. The Morgan fingerprint density at radius 3 is 2.89 bits per heavy atom. The van der Waals surface area contributed by atoms with E-state index in [1.807, 2.05) is 24.3 Å². The first-order valence-corrected chi connectivity index (χ1v) is 6.21. The number of aliphatic hydroxyl groups excluding tert-OH is 1. The maximum atomic E-state index is 9.50. The third kappa shape index (κ3) is 2.91. The van der Waals surface area contributed by atoms with Crippen LogP contribution in [0.1, 0.15) is 19.3 Å². The summed E-state index contributed by atoms with van der Waals surface area (Å²) >= 11 is 0. The van der Waals surface area contributed by atoms with E-state index in [1.54, 1.807) is 6.20 Å². The summed E-state index contributed by atoms with van der Waals surface area (Å²) in [6.07, 6.45) is 3.93. The van der Waals surface area contributed by atoms with Gasteiger partial charge in [0.05, 0.1) is 17.3 Å². The highest BCUT2D eigenvalue weighted by Crippen LogP contribution is 2.31. The molecule has 0 amide bonds. The Labute approximate surface area is 118 Å². The van der Waals surface area contributed by atoms with Gasteiger partial charge >= 0.3 is 0 Å². The highest BCUT2D eigenvalue weighted by molar-refractivity contribution is 5.85. The molecular weight excluding hydrogens is 264 g/mol. The normalized spacial score (nSPS) is 22.2. The predicted octanol–water partition coefficient (Wildman–Crippen LogP) is 2.53. The van der Waals surface area contributed by atoms with Gasteiger partial charge in [0, 0.05) is 24.1 Å². The molecule has 2 unspecified atom stereocenters. The number of fused-ring (bicyclic) bond motifs is 1. The standard InChI is InChI=1S/C14H16N2O2.ClH/c15-12-6-9-2-1-5-16-13(9)8-14(12)18-11-4-3-10(17)7-11;/h1-2,5-6,8,10-11,17H,3-4,7,15H2;1H. The molecule has 0 radical (unpaired) electrons. The molecule has 1 heterocycles. The molecular formula is C14H17ClN2O2. The van der Waals surface area contributed by atoms with E-state index in [-0.39, 0.29) is 24.6 Å². The van der Waals surface area contributed by atoms with Crippen molar-refractivity contribution in [3.63, 3.8) is 0 Å². The fourth-order valence-corrected chi connectivity index (χ4v) is 2.42. The fraction of sp³-hybridized carbons (Fsp3) is 0.357. The van der Waals surface area contributed by atoms with Crippen LogP contribution in [0.25, 0.3) is 10.9 Å². The smallest absolute Gasteiger partial charge is 0.144 e. The number of pyridine rings is 1. The summed E-state index contributed by atoms with van der Waals surface area (Å²) in [6.45, 7) is 0. The van der Waals surface area contributed by atoms with Crippen LogP contribution in [0.3, 0.4) is 0 Å². The average Bonchev–Trinajstić information content (AvgIpc) is 2.76. The van der Waals surface area contributed by atoms with Crippen molar-refractivity contribution < 1.29 is 9.84 Å². The Morgan fingerprint density at radius 2 is 2.16 bits per heavy atom. The lowest BCUT2D eigenvalue weighted by atomic mass is 10.2. The summed E-state index contributed by atoms with van der Waals surface area (Å²) < 4.78 is 5.86. The molecule has 1 aromatic carbocycles. The van der Waals surface area contributed by atoms with Crippen LogP contribution in [0.5, 0.6) is 5.75 Å². The summed E-state index contributed by atoms with van der Waals surface area (Å²) in [6, 6.07) is 7.61. The van der Waals surface area contributed by atoms with Crippen molar-refractivity contribution in [1.29, 1.82) is 0 Å². The molecule has 0 saturated heterocycles. The van der Waals surface area contributed by atoms with Crippen molar-refractivity contribution in [1.82, 2.24) is 4.98 Å². The molecule has 0 spiro atoms. The van der Waals surface area contributed by atoms with Gasteiger partial charge in [0.2, 0.25) is 0 Å². The number of ether oxygens (including phenoxy) is 1. The highest BCUT2D eigenvalue weighted by atomic mass is 35.5. The maximum Gasteiger partial charge on any atom is 0.144 e. The van der Waals surface area contributed by atoms with Gasteiger partial charge < -0.3 is 15.6 Å². The Hall–Kier alpha value is -1.52. The van der Waals surface area contributed by atoms with E-state index in [4.69, 9.17) is 10.5 Å².